The predicted octanol–water partition coefficient (Wildman–Crippen LogP) is 3.40. The first-order chi connectivity index (χ1) is 15.4. The number of aliphatic imine (C=N–C) groups is 1. The number of benzene rings is 2. The molecule has 0 fully saturated rings. The van der Waals surface area contributed by atoms with E-state index in [9.17, 15) is 13.6 Å². The Hall–Kier alpha value is -3.36. The third-order valence-electron chi connectivity index (χ3n) is 4.32. The number of hydrogen-bond acceptors (Lipinski definition) is 4. The van der Waals surface area contributed by atoms with Gasteiger partial charge in [0.15, 0.2) is 12.6 Å². The van der Waals surface area contributed by atoms with E-state index in [1.807, 2.05) is 44.0 Å². The van der Waals surface area contributed by atoms with Crippen LogP contribution in [0.3, 0.4) is 0 Å². The number of nitrogens with zero attached hydrogens (tertiary/aromatic N) is 2. The third-order valence-corrected chi connectivity index (χ3v) is 4.32. The van der Waals surface area contributed by atoms with Crippen molar-refractivity contribution in [3.63, 3.8) is 0 Å². The summed E-state index contributed by atoms with van der Waals surface area (Å²) in [5.41, 5.74) is 1.87. The maximum Gasteiger partial charge on any atom is 0.387 e. The van der Waals surface area contributed by atoms with E-state index < -0.39 is 6.61 Å². The quantitative estimate of drug-likeness (QED) is 0.407. The van der Waals surface area contributed by atoms with E-state index in [-0.39, 0.29) is 18.3 Å². The number of nitrogens with one attached hydrogen (secondary N) is 2. The molecule has 0 atom stereocenters. The van der Waals surface area contributed by atoms with Gasteiger partial charge in [-0.1, -0.05) is 24.3 Å². The van der Waals surface area contributed by atoms with E-state index in [0.717, 1.165) is 11.1 Å². The summed E-state index contributed by atoms with van der Waals surface area (Å²) in [6.45, 7) is 3.18. The molecule has 0 spiro atoms. The molecule has 0 bridgehead atoms. The number of carbonyl (C=O) groups is 1. The standard InChI is InChI=1S/C23H30F2N4O3/c1-4-26-21(30)16-31-20-8-6-7-18(13-20)14-28-23(27-5-2)29(3)15-17-9-11-19(12-10-17)32-22(24)25/h6-13,22H,4-5,14-16H2,1-3H3,(H,26,30)(H,27,28). The molecule has 0 aliphatic heterocycles. The van der Waals surface area contributed by atoms with Crippen molar-refractivity contribution < 1.29 is 23.0 Å². The molecule has 2 rings (SSSR count). The normalized spacial score (nSPS) is 11.2. The fourth-order valence-corrected chi connectivity index (χ4v) is 2.89. The number of hydrogen-bond donors (Lipinski definition) is 2. The zero-order valence-electron chi connectivity index (χ0n) is 18.6. The van der Waals surface area contributed by atoms with Crippen LogP contribution in [0.2, 0.25) is 0 Å². The van der Waals surface area contributed by atoms with Crippen LogP contribution < -0.4 is 20.1 Å². The van der Waals surface area contributed by atoms with E-state index in [2.05, 4.69) is 20.4 Å². The lowest BCUT2D eigenvalue weighted by atomic mass is 10.2. The van der Waals surface area contributed by atoms with E-state index >= 15 is 0 Å². The first-order valence-corrected chi connectivity index (χ1v) is 10.4. The third kappa shape index (κ3) is 8.79. The lowest BCUT2D eigenvalue weighted by molar-refractivity contribution is -0.122. The lowest BCUT2D eigenvalue weighted by Crippen LogP contribution is -2.38. The Morgan fingerprint density at radius 1 is 1.03 bits per heavy atom. The van der Waals surface area contributed by atoms with Gasteiger partial charge in [-0.25, -0.2) is 4.99 Å². The largest absolute Gasteiger partial charge is 0.484 e. The van der Waals surface area contributed by atoms with Crippen LogP contribution in [0.1, 0.15) is 25.0 Å². The van der Waals surface area contributed by atoms with Crippen molar-refractivity contribution in [1.29, 1.82) is 0 Å². The molecule has 7 nitrogen and oxygen atoms in total. The Labute approximate surface area is 187 Å². The fraction of sp³-hybridized carbons (Fsp3) is 0.391. The van der Waals surface area contributed by atoms with Crippen molar-refractivity contribution >= 4 is 11.9 Å². The van der Waals surface area contributed by atoms with Crippen LogP contribution in [0.15, 0.2) is 53.5 Å². The minimum atomic E-state index is -2.84. The molecule has 0 aromatic heterocycles. The van der Waals surface area contributed by atoms with Crippen LogP contribution in [0.4, 0.5) is 8.78 Å². The van der Waals surface area contributed by atoms with Crippen LogP contribution in [-0.2, 0) is 17.9 Å². The van der Waals surface area contributed by atoms with E-state index in [0.29, 0.717) is 37.9 Å². The van der Waals surface area contributed by atoms with E-state index in [1.54, 1.807) is 18.2 Å². The summed E-state index contributed by atoms with van der Waals surface area (Å²) in [6.07, 6.45) is 0. The number of rotatable bonds is 11. The Kier molecular flexibility index (Phi) is 10.2. The van der Waals surface area contributed by atoms with Crippen LogP contribution in [-0.4, -0.2) is 50.1 Å². The molecule has 2 aromatic carbocycles. The van der Waals surface area contributed by atoms with Crippen LogP contribution >= 0.6 is 0 Å². The molecule has 2 aromatic rings. The molecule has 0 heterocycles. The zero-order valence-corrected chi connectivity index (χ0v) is 18.6. The van der Waals surface area contributed by atoms with Crippen LogP contribution in [0.25, 0.3) is 0 Å². The molecule has 9 heteroatoms. The number of likely N-dealkylation sites (N-methyl/N-ethyl adjacent to an activating group) is 1. The highest BCUT2D eigenvalue weighted by Crippen LogP contribution is 2.16. The number of ether oxygens (including phenoxy) is 2. The van der Waals surface area contributed by atoms with E-state index in [1.165, 1.54) is 12.1 Å². The lowest BCUT2D eigenvalue weighted by Gasteiger charge is -2.22. The van der Waals surface area contributed by atoms with Crippen molar-refractivity contribution in [3.05, 3.63) is 59.7 Å². The molecule has 0 aliphatic carbocycles. The van der Waals surface area contributed by atoms with Crippen LogP contribution in [0, 0.1) is 0 Å². The minimum absolute atomic E-state index is 0.0346. The Morgan fingerprint density at radius 2 is 1.75 bits per heavy atom. The smallest absolute Gasteiger partial charge is 0.387 e. The van der Waals surface area contributed by atoms with Crippen molar-refractivity contribution in [2.45, 2.75) is 33.5 Å². The summed E-state index contributed by atoms with van der Waals surface area (Å²) in [5.74, 6) is 1.27. The Morgan fingerprint density at radius 3 is 2.41 bits per heavy atom. The average molecular weight is 449 g/mol. The SMILES string of the molecule is CCNC(=O)COc1cccc(CN=C(NCC)N(C)Cc2ccc(OC(F)F)cc2)c1. The maximum absolute atomic E-state index is 12.3. The van der Waals surface area contributed by atoms with E-state index in [4.69, 9.17) is 4.74 Å². The molecular formula is C23H30F2N4O3. The molecule has 0 saturated carbocycles. The first-order valence-electron chi connectivity index (χ1n) is 10.4. The number of carbonyl (C=O) groups excluding carboxylic acids is 1. The van der Waals surface area contributed by atoms with Crippen LogP contribution in [0.5, 0.6) is 11.5 Å². The molecule has 174 valence electrons. The predicted molar refractivity (Wildman–Crippen MR) is 120 cm³/mol. The monoisotopic (exact) mass is 448 g/mol. The first kappa shape index (κ1) is 24.9. The van der Waals surface area contributed by atoms with Gasteiger partial charge in [0.25, 0.3) is 5.91 Å². The second kappa shape index (κ2) is 13.1. The van der Waals surface area contributed by atoms with Crippen molar-refractivity contribution in [2.75, 3.05) is 26.7 Å². The Bertz CT molecular complexity index is 876. The van der Waals surface area contributed by atoms with Gasteiger partial charge in [-0.05, 0) is 49.2 Å². The van der Waals surface area contributed by atoms with Crippen molar-refractivity contribution in [3.8, 4) is 11.5 Å². The van der Waals surface area contributed by atoms with Gasteiger partial charge in [-0.15, -0.1) is 0 Å². The van der Waals surface area contributed by atoms with Gasteiger partial charge in [0.1, 0.15) is 11.5 Å². The summed E-state index contributed by atoms with van der Waals surface area (Å²) in [5, 5.41) is 5.94. The summed E-state index contributed by atoms with van der Waals surface area (Å²) < 4.78 is 34.5. The van der Waals surface area contributed by atoms with Gasteiger partial charge in [0, 0.05) is 26.7 Å². The molecule has 0 radical (unpaired) electrons. The summed E-state index contributed by atoms with van der Waals surface area (Å²) in [4.78, 5) is 18.2. The molecular weight excluding hydrogens is 418 g/mol. The topological polar surface area (TPSA) is 75.2 Å². The molecule has 32 heavy (non-hydrogen) atoms. The van der Waals surface area contributed by atoms with Gasteiger partial charge >= 0.3 is 6.61 Å². The highest BCUT2D eigenvalue weighted by atomic mass is 19.3. The van der Waals surface area contributed by atoms with Gasteiger partial charge < -0.3 is 25.0 Å². The summed E-state index contributed by atoms with van der Waals surface area (Å²) in [7, 11) is 1.90. The second-order valence-electron chi connectivity index (χ2n) is 6.94. The summed E-state index contributed by atoms with van der Waals surface area (Å²) >= 11 is 0. The fourth-order valence-electron chi connectivity index (χ4n) is 2.89. The van der Waals surface area contributed by atoms with Gasteiger partial charge in [-0.2, -0.15) is 8.78 Å². The highest BCUT2D eigenvalue weighted by Gasteiger charge is 2.09. The van der Waals surface area contributed by atoms with Gasteiger partial charge in [0.2, 0.25) is 0 Å². The number of halogens is 2. The second-order valence-corrected chi connectivity index (χ2v) is 6.94. The molecule has 0 aliphatic rings. The number of guanidine groups is 1. The Balaban J connectivity index is 1.99. The number of amides is 1. The average Bonchev–Trinajstić information content (AvgIpc) is 2.76. The van der Waals surface area contributed by atoms with Gasteiger partial charge in [0.05, 0.1) is 6.54 Å². The zero-order chi connectivity index (χ0) is 23.3. The highest BCUT2D eigenvalue weighted by molar-refractivity contribution is 5.79. The molecule has 2 N–H and O–H groups in total. The minimum Gasteiger partial charge on any atom is -0.484 e. The summed E-state index contributed by atoms with van der Waals surface area (Å²) in [6, 6.07) is 14.0. The van der Waals surface area contributed by atoms with Gasteiger partial charge in [-0.3, -0.25) is 4.79 Å². The number of alkyl halides is 2. The molecule has 0 saturated heterocycles. The molecule has 0 unspecified atom stereocenters. The maximum atomic E-state index is 12.3. The van der Waals surface area contributed by atoms with Crippen molar-refractivity contribution in [2.24, 2.45) is 4.99 Å². The van der Waals surface area contributed by atoms with Crippen molar-refractivity contribution in [1.82, 2.24) is 15.5 Å². The molecule has 1 amide bonds.